The predicted molar refractivity (Wildman–Crippen MR) is 99.8 cm³/mol. The molecular weight excluding hydrogens is 354 g/mol. The first kappa shape index (κ1) is 17.1. The quantitative estimate of drug-likeness (QED) is 0.885. The highest BCUT2D eigenvalue weighted by atomic mass is 32.1. The number of anilines is 2. The van der Waals surface area contributed by atoms with Gasteiger partial charge in [0, 0.05) is 31.0 Å². The summed E-state index contributed by atoms with van der Waals surface area (Å²) in [7, 11) is 3.27. The summed E-state index contributed by atoms with van der Waals surface area (Å²) in [6, 6.07) is 5.68. The van der Waals surface area contributed by atoms with Gasteiger partial charge in [-0.2, -0.15) is 0 Å². The van der Waals surface area contributed by atoms with Crippen LogP contribution in [0.5, 0.6) is 11.5 Å². The van der Waals surface area contributed by atoms with Gasteiger partial charge >= 0.3 is 0 Å². The number of thiazole rings is 1. The summed E-state index contributed by atoms with van der Waals surface area (Å²) in [5.41, 5.74) is 0.945. The number of methoxy groups -OCH3 is 2. The van der Waals surface area contributed by atoms with Gasteiger partial charge in [0.25, 0.3) is 0 Å². The fourth-order valence-corrected chi connectivity index (χ4v) is 4.55. The number of morpholine rings is 1. The van der Waals surface area contributed by atoms with E-state index in [1.54, 1.807) is 25.6 Å². The number of carbonyl (C=O) groups excluding carboxylic acids is 1. The minimum absolute atomic E-state index is 0.0359. The molecule has 0 bridgehead atoms. The number of amides is 1. The zero-order chi connectivity index (χ0) is 18.1. The van der Waals surface area contributed by atoms with Crippen LogP contribution in [0.25, 0.3) is 0 Å². The average Bonchev–Trinajstić information content (AvgIpc) is 3.11. The first-order valence-electron chi connectivity index (χ1n) is 8.54. The summed E-state index contributed by atoms with van der Waals surface area (Å²) in [4.78, 5) is 20.2. The van der Waals surface area contributed by atoms with Crippen LogP contribution in [0.2, 0.25) is 0 Å². The van der Waals surface area contributed by atoms with Crippen LogP contribution < -0.4 is 19.7 Å². The molecular formula is C18H21N3O4S. The van der Waals surface area contributed by atoms with Gasteiger partial charge in [-0.15, -0.1) is 0 Å². The van der Waals surface area contributed by atoms with E-state index >= 15 is 0 Å². The standard InChI is InChI=1S/C18H21N3O4S/c1-23-11-3-4-14(24-2)12(9-11)13-10-15(22)19-17-16(13)26-18(20-17)21-5-7-25-8-6-21/h3-4,9,13H,5-8,10H2,1-2H3,(H,19,22)/t13-/m0/s1. The second kappa shape index (κ2) is 7.13. The van der Waals surface area contributed by atoms with Crippen molar-refractivity contribution in [3.05, 3.63) is 28.6 Å². The molecule has 0 unspecified atom stereocenters. The van der Waals surface area contributed by atoms with Gasteiger partial charge in [0.05, 0.1) is 32.3 Å². The van der Waals surface area contributed by atoms with Crippen molar-refractivity contribution in [3.8, 4) is 11.5 Å². The Hall–Kier alpha value is -2.32. The summed E-state index contributed by atoms with van der Waals surface area (Å²) in [6.45, 7) is 3.02. The molecule has 26 heavy (non-hydrogen) atoms. The third-order valence-corrected chi connectivity index (χ3v) is 5.93. The molecule has 1 aromatic heterocycles. The molecule has 0 radical (unpaired) electrons. The first-order chi connectivity index (χ1) is 12.7. The molecule has 1 N–H and O–H groups in total. The van der Waals surface area contributed by atoms with Crippen LogP contribution >= 0.6 is 11.3 Å². The molecule has 0 saturated carbocycles. The van der Waals surface area contributed by atoms with Gasteiger partial charge in [0.2, 0.25) is 5.91 Å². The predicted octanol–water partition coefficient (Wildman–Crippen LogP) is 2.47. The summed E-state index contributed by atoms with van der Waals surface area (Å²) >= 11 is 1.63. The van der Waals surface area contributed by atoms with Crippen LogP contribution in [0.3, 0.4) is 0 Å². The highest BCUT2D eigenvalue weighted by Crippen LogP contribution is 2.46. The van der Waals surface area contributed by atoms with E-state index in [4.69, 9.17) is 14.2 Å². The number of fused-ring (bicyclic) bond motifs is 1. The lowest BCUT2D eigenvalue weighted by atomic mass is 9.90. The van der Waals surface area contributed by atoms with E-state index < -0.39 is 0 Å². The van der Waals surface area contributed by atoms with E-state index in [2.05, 4.69) is 15.2 Å². The molecule has 1 atom stereocenters. The van der Waals surface area contributed by atoms with Gasteiger partial charge in [-0.1, -0.05) is 11.3 Å². The Labute approximate surface area is 155 Å². The zero-order valence-electron chi connectivity index (χ0n) is 14.8. The summed E-state index contributed by atoms with van der Waals surface area (Å²) in [5.74, 6) is 2.01. The Balaban J connectivity index is 1.75. The van der Waals surface area contributed by atoms with E-state index in [9.17, 15) is 4.79 Å². The molecule has 7 nitrogen and oxygen atoms in total. The molecule has 4 rings (SSSR count). The van der Waals surface area contributed by atoms with Gasteiger partial charge in [0.1, 0.15) is 17.3 Å². The van der Waals surface area contributed by atoms with Crippen molar-refractivity contribution in [3.63, 3.8) is 0 Å². The lowest BCUT2D eigenvalue weighted by Crippen LogP contribution is -2.36. The van der Waals surface area contributed by atoms with Crippen molar-refractivity contribution in [2.75, 3.05) is 50.7 Å². The third kappa shape index (κ3) is 3.10. The van der Waals surface area contributed by atoms with E-state index in [1.807, 2.05) is 18.2 Å². The van der Waals surface area contributed by atoms with Crippen molar-refractivity contribution >= 4 is 28.2 Å². The summed E-state index contributed by atoms with van der Waals surface area (Å²) in [6.07, 6.45) is 0.362. The van der Waals surface area contributed by atoms with Crippen LogP contribution in [0.1, 0.15) is 22.8 Å². The highest BCUT2D eigenvalue weighted by molar-refractivity contribution is 7.16. The normalized spacial score (nSPS) is 19.7. The Morgan fingerprint density at radius 2 is 2.08 bits per heavy atom. The number of aromatic nitrogens is 1. The van der Waals surface area contributed by atoms with Crippen molar-refractivity contribution in [2.24, 2.45) is 0 Å². The SMILES string of the molecule is COc1ccc(OC)c([C@@H]2CC(=O)Nc3nc(N4CCOCC4)sc32)c1. The smallest absolute Gasteiger partial charge is 0.226 e. The van der Waals surface area contributed by atoms with E-state index in [-0.39, 0.29) is 11.8 Å². The molecule has 1 aromatic carbocycles. The van der Waals surface area contributed by atoms with Crippen LogP contribution in [-0.2, 0) is 9.53 Å². The number of rotatable bonds is 4. The third-order valence-electron chi connectivity index (χ3n) is 4.70. The van der Waals surface area contributed by atoms with Crippen molar-refractivity contribution < 1.29 is 19.0 Å². The summed E-state index contributed by atoms with van der Waals surface area (Å²) < 4.78 is 16.3. The van der Waals surface area contributed by atoms with Crippen molar-refractivity contribution in [1.82, 2.24) is 4.98 Å². The van der Waals surface area contributed by atoms with Gasteiger partial charge in [-0.05, 0) is 18.2 Å². The molecule has 8 heteroatoms. The molecule has 2 aliphatic heterocycles. The zero-order valence-corrected chi connectivity index (χ0v) is 15.6. The summed E-state index contributed by atoms with van der Waals surface area (Å²) in [5, 5.41) is 3.84. The molecule has 138 valence electrons. The number of nitrogens with one attached hydrogen (secondary N) is 1. The number of ether oxygens (including phenoxy) is 3. The number of nitrogens with zero attached hydrogens (tertiary/aromatic N) is 2. The van der Waals surface area contributed by atoms with Gasteiger partial charge < -0.3 is 24.4 Å². The van der Waals surface area contributed by atoms with Crippen LogP contribution in [0.4, 0.5) is 10.9 Å². The molecule has 2 aliphatic rings. The van der Waals surface area contributed by atoms with E-state index in [1.165, 1.54) is 0 Å². The Bertz CT molecular complexity index is 817. The van der Waals surface area contributed by atoms with Gasteiger partial charge in [-0.3, -0.25) is 4.79 Å². The van der Waals surface area contributed by atoms with E-state index in [0.29, 0.717) is 25.5 Å². The Kier molecular flexibility index (Phi) is 4.69. The minimum atomic E-state index is -0.101. The Morgan fingerprint density at radius 3 is 2.81 bits per heavy atom. The maximum Gasteiger partial charge on any atom is 0.226 e. The second-order valence-corrected chi connectivity index (χ2v) is 7.23. The van der Waals surface area contributed by atoms with E-state index in [0.717, 1.165) is 40.2 Å². The fourth-order valence-electron chi connectivity index (χ4n) is 3.36. The molecule has 1 saturated heterocycles. The number of carbonyl (C=O) groups is 1. The number of benzene rings is 1. The van der Waals surface area contributed by atoms with Crippen LogP contribution in [0.15, 0.2) is 18.2 Å². The van der Waals surface area contributed by atoms with Gasteiger partial charge in [-0.25, -0.2) is 4.98 Å². The highest BCUT2D eigenvalue weighted by Gasteiger charge is 2.33. The van der Waals surface area contributed by atoms with Crippen molar-refractivity contribution in [2.45, 2.75) is 12.3 Å². The van der Waals surface area contributed by atoms with Gasteiger partial charge in [0.15, 0.2) is 5.13 Å². The number of hydrogen-bond donors (Lipinski definition) is 1. The topological polar surface area (TPSA) is 72.9 Å². The largest absolute Gasteiger partial charge is 0.497 e. The molecule has 0 spiro atoms. The fraction of sp³-hybridized carbons (Fsp3) is 0.444. The maximum absolute atomic E-state index is 12.3. The average molecular weight is 375 g/mol. The molecule has 3 heterocycles. The number of hydrogen-bond acceptors (Lipinski definition) is 7. The van der Waals surface area contributed by atoms with Crippen LogP contribution in [0, 0.1) is 0 Å². The molecule has 1 fully saturated rings. The Morgan fingerprint density at radius 1 is 1.27 bits per heavy atom. The first-order valence-corrected chi connectivity index (χ1v) is 9.36. The second-order valence-electron chi connectivity index (χ2n) is 6.22. The molecule has 1 amide bonds. The van der Waals surface area contributed by atoms with Crippen LogP contribution in [-0.4, -0.2) is 51.4 Å². The maximum atomic E-state index is 12.3. The molecule has 0 aliphatic carbocycles. The lowest BCUT2D eigenvalue weighted by molar-refractivity contribution is -0.116. The lowest BCUT2D eigenvalue weighted by Gasteiger charge is -2.26. The monoisotopic (exact) mass is 375 g/mol. The molecule has 2 aromatic rings. The van der Waals surface area contributed by atoms with Crippen molar-refractivity contribution in [1.29, 1.82) is 0 Å². The minimum Gasteiger partial charge on any atom is -0.497 e.